The smallest absolute Gasteiger partial charge is 0.271 e. The van der Waals surface area contributed by atoms with Crippen LogP contribution in [0, 0.1) is 13.8 Å². The maximum atomic E-state index is 13.7. The predicted molar refractivity (Wildman–Crippen MR) is 172 cm³/mol. The van der Waals surface area contributed by atoms with Crippen molar-refractivity contribution >= 4 is 56.2 Å². The fourth-order valence-corrected chi connectivity index (χ4v) is 5.95. The third kappa shape index (κ3) is 7.79. The number of carbonyl (C=O) groups is 1. The molecule has 0 saturated carbocycles. The number of halogens is 1. The molecule has 0 aliphatic carbocycles. The van der Waals surface area contributed by atoms with Gasteiger partial charge in [-0.3, -0.25) is 9.69 Å². The van der Waals surface area contributed by atoms with E-state index in [4.69, 9.17) is 14.5 Å². The number of hydrogen-bond donors (Lipinski definition) is 0. The van der Waals surface area contributed by atoms with Gasteiger partial charge in [-0.05, 0) is 96.0 Å². The van der Waals surface area contributed by atoms with Crippen molar-refractivity contribution in [3.8, 4) is 11.5 Å². The van der Waals surface area contributed by atoms with Crippen LogP contribution in [0.2, 0.25) is 0 Å². The van der Waals surface area contributed by atoms with Crippen LogP contribution < -0.4 is 14.4 Å². The number of nitrogens with zero attached hydrogens (tertiary/aromatic N) is 2. The molecular weight excluding hydrogens is 584 g/mol. The molecule has 0 aromatic heterocycles. The quantitative estimate of drug-likeness (QED) is 0.149. The largest absolute Gasteiger partial charge is 0.493 e. The molecular formula is C33H37BrN2O3S. The van der Waals surface area contributed by atoms with Gasteiger partial charge < -0.3 is 9.47 Å². The van der Waals surface area contributed by atoms with Crippen LogP contribution in [-0.4, -0.2) is 24.8 Å². The molecule has 0 radical (unpaired) electrons. The van der Waals surface area contributed by atoms with Crippen LogP contribution in [0.15, 0.2) is 75.0 Å². The van der Waals surface area contributed by atoms with E-state index in [1.165, 1.54) is 37.4 Å². The summed E-state index contributed by atoms with van der Waals surface area (Å²) in [4.78, 5) is 20.8. The van der Waals surface area contributed by atoms with Gasteiger partial charge >= 0.3 is 0 Å². The van der Waals surface area contributed by atoms with Gasteiger partial charge in [-0.15, -0.1) is 0 Å². The van der Waals surface area contributed by atoms with Crippen molar-refractivity contribution in [2.24, 2.45) is 4.99 Å². The van der Waals surface area contributed by atoms with Crippen LogP contribution in [0.3, 0.4) is 0 Å². The maximum absolute atomic E-state index is 13.7. The first kappa shape index (κ1) is 29.9. The van der Waals surface area contributed by atoms with Gasteiger partial charge in [0.15, 0.2) is 16.7 Å². The Labute approximate surface area is 250 Å². The zero-order chi connectivity index (χ0) is 28.5. The molecule has 1 aliphatic rings. The van der Waals surface area contributed by atoms with Crippen molar-refractivity contribution in [1.29, 1.82) is 0 Å². The van der Waals surface area contributed by atoms with Gasteiger partial charge in [0, 0.05) is 0 Å². The van der Waals surface area contributed by atoms with Crippen molar-refractivity contribution in [2.75, 3.05) is 18.6 Å². The summed E-state index contributed by atoms with van der Waals surface area (Å²) in [6.07, 6.45) is 9.11. The monoisotopic (exact) mass is 620 g/mol. The summed E-state index contributed by atoms with van der Waals surface area (Å²) in [7, 11) is 1.64. The van der Waals surface area contributed by atoms with Gasteiger partial charge in [-0.25, -0.2) is 4.99 Å². The van der Waals surface area contributed by atoms with Gasteiger partial charge in [-0.1, -0.05) is 74.4 Å². The van der Waals surface area contributed by atoms with E-state index in [-0.39, 0.29) is 5.91 Å². The molecule has 1 saturated heterocycles. The average Bonchev–Trinajstić information content (AvgIpc) is 3.24. The van der Waals surface area contributed by atoms with Crippen molar-refractivity contribution in [2.45, 2.75) is 59.3 Å². The molecule has 0 atom stereocenters. The van der Waals surface area contributed by atoms with Crippen LogP contribution in [0.5, 0.6) is 11.5 Å². The maximum Gasteiger partial charge on any atom is 0.271 e. The predicted octanol–water partition coefficient (Wildman–Crippen LogP) is 9.62. The lowest BCUT2D eigenvalue weighted by Gasteiger charge is -2.16. The molecule has 5 nitrogen and oxygen atoms in total. The van der Waals surface area contributed by atoms with Crippen LogP contribution in [0.4, 0.5) is 11.4 Å². The van der Waals surface area contributed by atoms with E-state index < -0.39 is 0 Å². The molecule has 0 N–H and O–H groups in total. The molecule has 1 aliphatic heterocycles. The highest BCUT2D eigenvalue weighted by Crippen LogP contribution is 2.41. The molecule has 7 heteroatoms. The van der Waals surface area contributed by atoms with E-state index in [2.05, 4.69) is 22.9 Å². The standard InChI is InChI=1S/C33H37BrN2O3S/c1-5-6-7-8-9-10-19-39-31-28(34)20-25(21-29(31)38-4)22-30-32(37)36(27-17-13-24(3)14-18-27)33(40-30)35-26-15-11-23(2)12-16-26/h11-18,20-22H,5-10,19H2,1-4H3/b30-22+,35-33?. The summed E-state index contributed by atoms with van der Waals surface area (Å²) in [6.45, 7) is 6.94. The van der Waals surface area contributed by atoms with Gasteiger partial charge in [-0.2, -0.15) is 0 Å². The second kappa shape index (κ2) is 14.6. The summed E-state index contributed by atoms with van der Waals surface area (Å²) in [5.74, 6) is 1.20. The first-order valence-electron chi connectivity index (χ1n) is 13.9. The number of ether oxygens (including phenoxy) is 2. The van der Waals surface area contributed by atoms with Gasteiger partial charge in [0.1, 0.15) is 0 Å². The molecule has 1 heterocycles. The molecule has 1 fully saturated rings. The summed E-state index contributed by atoms with van der Waals surface area (Å²) < 4.78 is 12.6. The second-order valence-electron chi connectivity index (χ2n) is 9.97. The highest BCUT2D eigenvalue weighted by atomic mass is 79.9. The zero-order valence-corrected chi connectivity index (χ0v) is 26.1. The molecule has 1 amide bonds. The van der Waals surface area contributed by atoms with Crippen molar-refractivity contribution in [1.82, 2.24) is 0 Å². The molecule has 3 aromatic rings. The summed E-state index contributed by atoms with van der Waals surface area (Å²) in [5.41, 5.74) is 4.72. The third-order valence-electron chi connectivity index (χ3n) is 6.65. The molecule has 210 valence electrons. The lowest BCUT2D eigenvalue weighted by molar-refractivity contribution is -0.113. The Kier molecular flexibility index (Phi) is 10.9. The van der Waals surface area contributed by atoms with Crippen molar-refractivity contribution in [3.05, 3.63) is 86.7 Å². The number of rotatable bonds is 12. The van der Waals surface area contributed by atoms with Gasteiger partial charge in [0.2, 0.25) is 0 Å². The lowest BCUT2D eigenvalue weighted by Crippen LogP contribution is -2.28. The van der Waals surface area contributed by atoms with E-state index in [0.29, 0.717) is 28.2 Å². The van der Waals surface area contributed by atoms with Crippen molar-refractivity contribution < 1.29 is 14.3 Å². The van der Waals surface area contributed by atoms with Crippen molar-refractivity contribution in [3.63, 3.8) is 0 Å². The Morgan fingerprint density at radius 1 is 0.925 bits per heavy atom. The Balaban J connectivity index is 1.58. The number of amides is 1. The fraction of sp³-hybridized carbons (Fsp3) is 0.333. The minimum Gasteiger partial charge on any atom is -0.493 e. The topological polar surface area (TPSA) is 51.1 Å². The van der Waals surface area contributed by atoms with Crippen LogP contribution >= 0.6 is 27.7 Å². The van der Waals surface area contributed by atoms with Gasteiger partial charge in [0.05, 0.1) is 34.5 Å². The number of unbranched alkanes of at least 4 members (excludes halogenated alkanes) is 5. The van der Waals surface area contributed by atoms with Crippen LogP contribution in [0.25, 0.3) is 6.08 Å². The fourth-order valence-electron chi connectivity index (χ4n) is 4.37. The first-order chi connectivity index (χ1) is 19.4. The Hall–Kier alpha value is -3.03. The number of hydrogen-bond acceptors (Lipinski definition) is 5. The van der Waals surface area contributed by atoms with Crippen LogP contribution in [0.1, 0.15) is 62.1 Å². The van der Waals surface area contributed by atoms with E-state index in [0.717, 1.165) is 45.4 Å². The number of amidine groups is 1. The molecule has 0 spiro atoms. The summed E-state index contributed by atoms with van der Waals surface area (Å²) >= 11 is 5.03. The van der Waals surface area contributed by atoms with E-state index >= 15 is 0 Å². The zero-order valence-electron chi connectivity index (χ0n) is 23.7. The number of thioether (sulfide) groups is 1. The number of anilines is 1. The number of carbonyl (C=O) groups excluding carboxylic acids is 1. The van der Waals surface area contributed by atoms with E-state index in [1.807, 2.05) is 80.6 Å². The summed E-state index contributed by atoms with van der Waals surface area (Å²) in [5, 5.41) is 0.619. The Bertz CT molecular complexity index is 1370. The van der Waals surface area contributed by atoms with Crippen LogP contribution in [-0.2, 0) is 4.79 Å². The first-order valence-corrected chi connectivity index (χ1v) is 15.5. The normalized spacial score (nSPS) is 15.3. The highest BCUT2D eigenvalue weighted by Gasteiger charge is 2.35. The highest BCUT2D eigenvalue weighted by molar-refractivity contribution is 9.10. The SMILES string of the molecule is CCCCCCCCOc1c(Br)cc(/C=C2/SC(=Nc3ccc(C)cc3)N(c3ccc(C)cc3)C2=O)cc1OC. The molecule has 40 heavy (non-hydrogen) atoms. The Morgan fingerprint density at radius 2 is 1.57 bits per heavy atom. The number of aryl methyl sites for hydroxylation is 2. The minimum atomic E-state index is -0.113. The summed E-state index contributed by atoms with van der Waals surface area (Å²) in [6, 6.07) is 19.8. The Morgan fingerprint density at radius 3 is 2.25 bits per heavy atom. The number of aliphatic imine (C=N–C) groups is 1. The van der Waals surface area contributed by atoms with E-state index in [1.54, 1.807) is 12.0 Å². The molecule has 3 aromatic carbocycles. The molecule has 4 rings (SSSR count). The molecule has 0 unspecified atom stereocenters. The second-order valence-corrected chi connectivity index (χ2v) is 11.8. The van der Waals surface area contributed by atoms with E-state index in [9.17, 15) is 4.79 Å². The third-order valence-corrected chi connectivity index (χ3v) is 8.21. The minimum absolute atomic E-state index is 0.113. The number of methoxy groups -OCH3 is 1. The average molecular weight is 622 g/mol. The lowest BCUT2D eigenvalue weighted by atomic mass is 10.1. The van der Waals surface area contributed by atoms with Gasteiger partial charge in [0.25, 0.3) is 5.91 Å². The molecule has 0 bridgehead atoms. The number of benzene rings is 3.